The summed E-state index contributed by atoms with van der Waals surface area (Å²) in [6, 6.07) is 1.55. The van der Waals surface area contributed by atoms with Crippen molar-refractivity contribution in [2.24, 2.45) is 0 Å². The van der Waals surface area contributed by atoms with Gasteiger partial charge in [0.15, 0.2) is 0 Å². The molecule has 0 aromatic carbocycles. The Hall–Kier alpha value is -2.11. The van der Waals surface area contributed by atoms with Crippen molar-refractivity contribution >= 4 is 5.78 Å². The van der Waals surface area contributed by atoms with E-state index >= 15 is 0 Å². The fourth-order valence-corrected chi connectivity index (χ4v) is 1.21. The smallest absolute Gasteiger partial charge is 0.248 e. The van der Waals surface area contributed by atoms with E-state index in [1.165, 1.54) is 23.5 Å². The van der Waals surface area contributed by atoms with Crippen LogP contribution in [0.3, 0.4) is 0 Å². The summed E-state index contributed by atoms with van der Waals surface area (Å²) in [6.07, 6.45) is 4.21. The zero-order chi connectivity index (χ0) is 10.7. The maximum absolute atomic E-state index is 11.9. The fraction of sp³-hybridized carbons (Fsp3) is 0.222. The fourth-order valence-electron chi connectivity index (χ4n) is 1.21. The van der Waals surface area contributed by atoms with Crippen LogP contribution in [0.1, 0.15) is 23.2 Å². The molecule has 15 heavy (non-hydrogen) atoms. The number of carbonyl (C=O) groups is 1. The molecule has 0 N–H and O–H groups in total. The maximum Gasteiger partial charge on any atom is 0.248 e. The molecule has 2 aromatic heterocycles. The molecule has 0 atom stereocenters. The van der Waals surface area contributed by atoms with Gasteiger partial charge >= 0.3 is 0 Å². The molecule has 2 aromatic rings. The van der Waals surface area contributed by atoms with E-state index in [0.29, 0.717) is 18.1 Å². The van der Waals surface area contributed by atoms with E-state index in [-0.39, 0.29) is 5.78 Å². The number of carbonyl (C=O) groups excluding carboxylic acids is 1. The Labute approximate surface area is 86.0 Å². The van der Waals surface area contributed by atoms with E-state index in [1.54, 1.807) is 6.07 Å². The van der Waals surface area contributed by atoms with Gasteiger partial charge in [0.05, 0.1) is 0 Å². The quantitative estimate of drug-likeness (QED) is 0.671. The lowest BCUT2D eigenvalue weighted by atomic mass is 10.2. The molecule has 0 amide bonds. The number of ketones is 1. The highest BCUT2D eigenvalue weighted by Crippen LogP contribution is 2.02. The highest BCUT2D eigenvalue weighted by molar-refractivity contribution is 6.05. The minimum atomic E-state index is -0.239. The van der Waals surface area contributed by atoms with Crippen molar-refractivity contribution < 1.29 is 4.79 Å². The molecule has 76 valence electrons. The Morgan fingerprint density at radius 3 is 2.93 bits per heavy atom. The third-order valence-electron chi connectivity index (χ3n) is 1.93. The van der Waals surface area contributed by atoms with E-state index < -0.39 is 0 Å². The van der Waals surface area contributed by atoms with Crippen LogP contribution >= 0.6 is 0 Å². The van der Waals surface area contributed by atoms with Crippen LogP contribution in [0.5, 0.6) is 0 Å². The molecule has 0 radical (unpaired) electrons. The zero-order valence-corrected chi connectivity index (χ0v) is 8.16. The molecule has 0 bridgehead atoms. The second-order valence-electron chi connectivity index (χ2n) is 2.82. The lowest BCUT2D eigenvalue weighted by Gasteiger charge is -2.00. The van der Waals surface area contributed by atoms with E-state index in [4.69, 9.17) is 0 Å². The van der Waals surface area contributed by atoms with Crippen molar-refractivity contribution in [1.82, 2.24) is 24.7 Å². The predicted molar refractivity (Wildman–Crippen MR) is 51.2 cm³/mol. The van der Waals surface area contributed by atoms with Gasteiger partial charge in [0.1, 0.15) is 18.3 Å². The molecule has 0 saturated carbocycles. The average molecular weight is 203 g/mol. The Bertz CT molecular complexity index is 464. The Balaban J connectivity index is 2.37. The van der Waals surface area contributed by atoms with Gasteiger partial charge in [-0.15, -0.1) is 0 Å². The lowest BCUT2D eigenvalue weighted by molar-refractivity contribution is 0.101. The molecule has 0 aliphatic heterocycles. The monoisotopic (exact) mass is 203 g/mol. The molecule has 2 rings (SSSR count). The SMILES string of the molecule is CCn1ncnc1C(=O)c1ccncn1. The average Bonchev–Trinajstić information content (AvgIpc) is 2.77. The number of aromatic nitrogens is 5. The summed E-state index contributed by atoms with van der Waals surface area (Å²) in [7, 11) is 0. The van der Waals surface area contributed by atoms with E-state index in [1.807, 2.05) is 6.92 Å². The van der Waals surface area contributed by atoms with Gasteiger partial charge in [-0.1, -0.05) is 0 Å². The van der Waals surface area contributed by atoms with Crippen LogP contribution in [0.15, 0.2) is 24.9 Å². The number of hydrogen-bond donors (Lipinski definition) is 0. The number of hydrogen-bond acceptors (Lipinski definition) is 5. The van der Waals surface area contributed by atoms with Gasteiger partial charge in [0, 0.05) is 12.7 Å². The molecular weight excluding hydrogens is 194 g/mol. The second kappa shape index (κ2) is 3.95. The summed E-state index contributed by atoms with van der Waals surface area (Å²) in [5.74, 6) is 0.0629. The topological polar surface area (TPSA) is 73.6 Å². The molecule has 0 unspecified atom stereocenters. The molecule has 0 spiro atoms. The molecule has 0 fully saturated rings. The van der Waals surface area contributed by atoms with Crippen molar-refractivity contribution in [3.8, 4) is 0 Å². The van der Waals surface area contributed by atoms with Crippen LogP contribution in [-0.2, 0) is 6.54 Å². The summed E-state index contributed by atoms with van der Waals surface area (Å²) in [5, 5.41) is 3.92. The van der Waals surface area contributed by atoms with Crippen LogP contribution < -0.4 is 0 Å². The number of aryl methyl sites for hydroxylation is 1. The van der Waals surface area contributed by atoms with Gasteiger partial charge in [-0.05, 0) is 13.0 Å². The van der Waals surface area contributed by atoms with Crippen molar-refractivity contribution in [3.05, 3.63) is 36.4 Å². The third-order valence-corrected chi connectivity index (χ3v) is 1.93. The molecule has 6 heteroatoms. The highest BCUT2D eigenvalue weighted by atomic mass is 16.1. The van der Waals surface area contributed by atoms with Gasteiger partial charge in [-0.2, -0.15) is 5.10 Å². The van der Waals surface area contributed by atoms with Crippen LogP contribution in [0, 0.1) is 0 Å². The van der Waals surface area contributed by atoms with E-state index in [9.17, 15) is 4.79 Å². The van der Waals surface area contributed by atoms with Gasteiger partial charge in [-0.3, -0.25) is 4.79 Å². The normalized spacial score (nSPS) is 10.2. The summed E-state index contributed by atoms with van der Waals surface area (Å²) in [6.45, 7) is 2.50. The molecule has 2 heterocycles. The Morgan fingerprint density at radius 1 is 1.40 bits per heavy atom. The maximum atomic E-state index is 11.9. The van der Waals surface area contributed by atoms with Crippen molar-refractivity contribution in [3.63, 3.8) is 0 Å². The molecule has 0 aliphatic rings. The van der Waals surface area contributed by atoms with Crippen LogP contribution in [0.2, 0.25) is 0 Å². The molecule has 0 saturated heterocycles. The van der Waals surface area contributed by atoms with Gasteiger partial charge in [0.2, 0.25) is 11.6 Å². The molecular formula is C9H9N5O. The Kier molecular flexibility index (Phi) is 2.49. The largest absolute Gasteiger partial charge is 0.283 e. The lowest BCUT2D eigenvalue weighted by Crippen LogP contribution is -2.13. The van der Waals surface area contributed by atoms with Crippen LogP contribution in [0.4, 0.5) is 0 Å². The minimum Gasteiger partial charge on any atom is -0.283 e. The first kappa shape index (κ1) is 9.45. The molecule has 0 aliphatic carbocycles. The first-order valence-corrected chi connectivity index (χ1v) is 4.51. The zero-order valence-electron chi connectivity index (χ0n) is 8.16. The Morgan fingerprint density at radius 2 is 2.27 bits per heavy atom. The van der Waals surface area contributed by atoms with E-state index in [0.717, 1.165) is 0 Å². The number of nitrogens with zero attached hydrogens (tertiary/aromatic N) is 5. The van der Waals surface area contributed by atoms with Crippen LogP contribution in [-0.4, -0.2) is 30.5 Å². The number of rotatable bonds is 3. The van der Waals surface area contributed by atoms with E-state index in [2.05, 4.69) is 20.1 Å². The summed E-state index contributed by atoms with van der Waals surface area (Å²) in [5.41, 5.74) is 0.327. The van der Waals surface area contributed by atoms with Gasteiger partial charge in [0.25, 0.3) is 0 Å². The van der Waals surface area contributed by atoms with Crippen molar-refractivity contribution in [2.45, 2.75) is 13.5 Å². The minimum absolute atomic E-state index is 0.239. The predicted octanol–water partition coefficient (Wildman–Crippen LogP) is 0.319. The first-order chi connectivity index (χ1) is 7.33. The van der Waals surface area contributed by atoms with Gasteiger partial charge < -0.3 is 0 Å². The molecule has 6 nitrogen and oxygen atoms in total. The second-order valence-corrected chi connectivity index (χ2v) is 2.82. The highest BCUT2D eigenvalue weighted by Gasteiger charge is 2.16. The summed E-state index contributed by atoms with van der Waals surface area (Å²) >= 11 is 0. The van der Waals surface area contributed by atoms with Gasteiger partial charge in [-0.25, -0.2) is 19.6 Å². The van der Waals surface area contributed by atoms with Crippen molar-refractivity contribution in [2.75, 3.05) is 0 Å². The summed E-state index contributed by atoms with van der Waals surface area (Å²) in [4.78, 5) is 23.4. The standard InChI is InChI=1S/C9H9N5O/c1-2-14-9(12-6-13-14)8(15)7-3-4-10-5-11-7/h3-6H,2H2,1H3. The van der Waals surface area contributed by atoms with Crippen molar-refractivity contribution in [1.29, 1.82) is 0 Å². The first-order valence-electron chi connectivity index (χ1n) is 4.51. The summed E-state index contributed by atoms with van der Waals surface area (Å²) < 4.78 is 1.53. The third kappa shape index (κ3) is 1.74. The van der Waals surface area contributed by atoms with Crippen LogP contribution in [0.25, 0.3) is 0 Å².